The molecule has 0 unspecified atom stereocenters. The Morgan fingerprint density at radius 3 is 1.87 bits per heavy atom. The number of hydrogen-bond donors (Lipinski definition) is 1. The first-order chi connectivity index (χ1) is 14.5. The number of nitrogens with zero attached hydrogens (tertiary/aromatic N) is 1. The number of benzene rings is 2. The number of pyridine rings is 1. The van der Waals surface area contributed by atoms with Gasteiger partial charge in [0.15, 0.2) is 11.5 Å². The zero-order chi connectivity index (χ0) is 22.4. The Morgan fingerprint density at radius 2 is 1.29 bits per heavy atom. The smallest absolute Gasteiger partial charge is 0.430 e. The number of hydrogen-bond acceptors (Lipinski definition) is 4. The molecule has 2 aromatic carbocycles. The van der Waals surface area contributed by atoms with Gasteiger partial charge in [-0.3, -0.25) is 4.98 Å². The fourth-order valence-corrected chi connectivity index (χ4v) is 3.18. The van der Waals surface area contributed by atoms with Crippen molar-refractivity contribution in [3.05, 3.63) is 66.4 Å². The van der Waals surface area contributed by atoms with E-state index in [2.05, 4.69) is 4.98 Å². The fraction of sp³-hybridized carbons (Fsp3) is 0.190. The molecule has 3 aromatic rings. The van der Waals surface area contributed by atoms with Crippen LogP contribution in [0.15, 0.2) is 60.8 Å². The van der Waals surface area contributed by atoms with E-state index in [9.17, 15) is 31.4 Å². The minimum absolute atomic E-state index is 0.124. The van der Waals surface area contributed by atoms with Crippen molar-refractivity contribution < 1.29 is 40.9 Å². The van der Waals surface area contributed by atoms with E-state index in [4.69, 9.17) is 9.47 Å². The van der Waals surface area contributed by atoms with E-state index in [-0.39, 0.29) is 6.79 Å². The summed E-state index contributed by atoms with van der Waals surface area (Å²) >= 11 is 0. The summed E-state index contributed by atoms with van der Waals surface area (Å²) in [5.74, 6) is 1.18. The van der Waals surface area contributed by atoms with E-state index in [1.54, 1.807) is 30.3 Å². The molecule has 1 aromatic heterocycles. The predicted molar refractivity (Wildman–Crippen MR) is 97.2 cm³/mol. The van der Waals surface area contributed by atoms with Gasteiger partial charge in [0.25, 0.3) is 5.60 Å². The van der Waals surface area contributed by atoms with Crippen LogP contribution in [0, 0.1) is 0 Å². The van der Waals surface area contributed by atoms with Gasteiger partial charge >= 0.3 is 12.4 Å². The van der Waals surface area contributed by atoms with Gasteiger partial charge in [-0.25, -0.2) is 0 Å². The quantitative estimate of drug-likeness (QED) is 0.549. The third-order valence-corrected chi connectivity index (χ3v) is 4.89. The maximum absolute atomic E-state index is 13.0. The van der Waals surface area contributed by atoms with Crippen molar-refractivity contribution in [2.24, 2.45) is 0 Å². The second-order valence-corrected chi connectivity index (χ2v) is 6.78. The van der Waals surface area contributed by atoms with Crippen LogP contribution in [0.5, 0.6) is 11.5 Å². The highest BCUT2D eigenvalue weighted by Gasteiger charge is 2.71. The van der Waals surface area contributed by atoms with Gasteiger partial charge in [0, 0.05) is 22.9 Å². The summed E-state index contributed by atoms with van der Waals surface area (Å²) in [5, 5.41) is 9.46. The summed E-state index contributed by atoms with van der Waals surface area (Å²) in [6, 6.07) is 11.9. The Hall–Kier alpha value is -3.27. The van der Waals surface area contributed by atoms with Gasteiger partial charge in [0.05, 0.1) is 5.69 Å². The van der Waals surface area contributed by atoms with Crippen LogP contribution in [0.3, 0.4) is 0 Å². The van der Waals surface area contributed by atoms with E-state index < -0.39 is 23.5 Å². The number of fused-ring (bicyclic) bond motifs is 1. The molecule has 0 saturated carbocycles. The maximum atomic E-state index is 13.0. The molecule has 0 spiro atoms. The molecule has 1 aliphatic rings. The molecule has 1 aliphatic heterocycles. The standard InChI is InChI=1S/C21H13F6NO3/c22-20(23,24)19(29,21(25,26)27)15-5-1-12(2-6-15)14-3-7-16(28-10-14)13-4-8-17-18(9-13)31-11-30-17/h1-10,29H,11H2. The molecular formula is C21H13F6NO3. The lowest BCUT2D eigenvalue weighted by Gasteiger charge is -2.32. The number of halogens is 6. The summed E-state index contributed by atoms with van der Waals surface area (Å²) in [7, 11) is 0. The lowest BCUT2D eigenvalue weighted by Crippen LogP contribution is -2.53. The normalized spacial score (nSPS) is 14.0. The molecule has 0 bridgehead atoms. The lowest BCUT2D eigenvalue weighted by molar-refractivity contribution is -0.376. The second kappa shape index (κ2) is 7.16. The van der Waals surface area contributed by atoms with Crippen molar-refractivity contribution >= 4 is 0 Å². The largest absolute Gasteiger partial charge is 0.454 e. The van der Waals surface area contributed by atoms with Crippen molar-refractivity contribution in [1.29, 1.82) is 0 Å². The zero-order valence-corrected chi connectivity index (χ0v) is 15.5. The van der Waals surface area contributed by atoms with Gasteiger partial charge in [-0.15, -0.1) is 0 Å². The molecule has 0 aliphatic carbocycles. The summed E-state index contributed by atoms with van der Waals surface area (Å²) in [5.41, 5.74) is -4.14. The maximum Gasteiger partial charge on any atom is 0.430 e. The number of alkyl halides is 6. The van der Waals surface area contributed by atoms with Crippen LogP contribution in [-0.2, 0) is 5.60 Å². The Bertz CT molecular complexity index is 1080. The Morgan fingerprint density at radius 1 is 0.710 bits per heavy atom. The summed E-state index contributed by atoms with van der Waals surface area (Å²) in [6.45, 7) is 0.124. The topological polar surface area (TPSA) is 51.6 Å². The zero-order valence-electron chi connectivity index (χ0n) is 15.5. The van der Waals surface area contributed by atoms with Crippen LogP contribution in [-0.4, -0.2) is 29.2 Å². The minimum Gasteiger partial charge on any atom is -0.454 e. The number of aliphatic hydroxyl groups is 1. The van der Waals surface area contributed by atoms with Crippen molar-refractivity contribution in [3.63, 3.8) is 0 Å². The molecule has 0 amide bonds. The van der Waals surface area contributed by atoms with Crippen molar-refractivity contribution in [3.8, 4) is 33.9 Å². The molecule has 1 N–H and O–H groups in total. The van der Waals surface area contributed by atoms with Gasteiger partial charge in [-0.05, 0) is 29.8 Å². The van der Waals surface area contributed by atoms with E-state index >= 15 is 0 Å². The highest BCUT2D eigenvalue weighted by molar-refractivity contribution is 5.69. The molecule has 4 rings (SSSR count). The molecule has 10 heteroatoms. The highest BCUT2D eigenvalue weighted by atomic mass is 19.4. The van der Waals surface area contributed by atoms with E-state index in [1.165, 1.54) is 6.20 Å². The van der Waals surface area contributed by atoms with Crippen LogP contribution in [0.2, 0.25) is 0 Å². The van der Waals surface area contributed by atoms with Gasteiger partial charge < -0.3 is 14.6 Å². The summed E-state index contributed by atoms with van der Waals surface area (Å²) < 4.78 is 88.6. The molecule has 4 nitrogen and oxygen atoms in total. The second-order valence-electron chi connectivity index (χ2n) is 6.78. The minimum atomic E-state index is -5.93. The Balaban J connectivity index is 1.61. The van der Waals surface area contributed by atoms with Crippen LogP contribution >= 0.6 is 0 Å². The summed E-state index contributed by atoms with van der Waals surface area (Å²) in [4.78, 5) is 4.29. The Labute approximate surface area is 171 Å². The molecule has 0 saturated heterocycles. The van der Waals surface area contributed by atoms with Gasteiger partial charge in [0.1, 0.15) is 0 Å². The third kappa shape index (κ3) is 3.56. The third-order valence-electron chi connectivity index (χ3n) is 4.89. The molecule has 0 fully saturated rings. The lowest BCUT2D eigenvalue weighted by atomic mass is 9.91. The molecule has 0 radical (unpaired) electrons. The van der Waals surface area contributed by atoms with Crippen LogP contribution in [0.1, 0.15) is 5.56 Å². The molecule has 2 heterocycles. The summed E-state index contributed by atoms with van der Waals surface area (Å²) in [6.07, 6.45) is -10.4. The van der Waals surface area contributed by atoms with Crippen LogP contribution < -0.4 is 9.47 Å². The van der Waals surface area contributed by atoms with Crippen molar-refractivity contribution in [1.82, 2.24) is 4.98 Å². The van der Waals surface area contributed by atoms with E-state index in [0.29, 0.717) is 40.5 Å². The first kappa shape index (κ1) is 21.0. The molecule has 162 valence electrons. The number of rotatable bonds is 3. The SMILES string of the molecule is OC(c1ccc(-c2ccc(-c3ccc4c(c3)OCO4)nc2)cc1)(C(F)(F)F)C(F)(F)F. The molecule has 31 heavy (non-hydrogen) atoms. The predicted octanol–water partition coefficient (Wildman–Crippen LogP) is 5.46. The van der Waals surface area contributed by atoms with Gasteiger partial charge in [-0.1, -0.05) is 30.3 Å². The fourth-order valence-electron chi connectivity index (χ4n) is 3.18. The molecular weight excluding hydrogens is 428 g/mol. The van der Waals surface area contributed by atoms with Crippen molar-refractivity contribution in [2.45, 2.75) is 18.0 Å². The van der Waals surface area contributed by atoms with Crippen LogP contribution in [0.4, 0.5) is 26.3 Å². The Kier molecular flexibility index (Phi) is 4.84. The molecule has 0 atom stereocenters. The van der Waals surface area contributed by atoms with E-state index in [0.717, 1.165) is 17.7 Å². The van der Waals surface area contributed by atoms with Crippen LogP contribution in [0.25, 0.3) is 22.4 Å². The van der Waals surface area contributed by atoms with Crippen molar-refractivity contribution in [2.75, 3.05) is 6.79 Å². The monoisotopic (exact) mass is 441 g/mol. The first-order valence-electron chi connectivity index (χ1n) is 8.83. The van der Waals surface area contributed by atoms with E-state index in [1.807, 2.05) is 0 Å². The average Bonchev–Trinajstić information content (AvgIpc) is 3.20. The number of aromatic nitrogens is 1. The first-order valence-corrected chi connectivity index (χ1v) is 8.83. The highest BCUT2D eigenvalue weighted by Crippen LogP contribution is 2.50. The van der Waals surface area contributed by atoms with Gasteiger partial charge in [-0.2, -0.15) is 26.3 Å². The number of ether oxygens (including phenoxy) is 2. The van der Waals surface area contributed by atoms with Gasteiger partial charge in [0.2, 0.25) is 6.79 Å². The average molecular weight is 441 g/mol.